The second kappa shape index (κ2) is 3.04. The van der Waals surface area contributed by atoms with Crippen LogP contribution in [0.15, 0.2) is 47.5 Å². The molecule has 2 aromatic carbocycles. The van der Waals surface area contributed by atoms with Crippen LogP contribution in [0.4, 0.5) is 5.69 Å². The third kappa shape index (κ3) is 1.11. The van der Waals surface area contributed by atoms with Crippen LogP contribution in [-0.2, 0) is 0 Å². The van der Waals surface area contributed by atoms with Crippen LogP contribution in [0, 0.1) is 0 Å². The number of pyridine rings is 1. The van der Waals surface area contributed by atoms with E-state index in [1.54, 1.807) is 0 Å². The maximum Gasteiger partial charge on any atom is 0.181 e. The SMILES string of the molecule is C1=Nc2c3ccccc3nc3cccc(c23)O1. The fourth-order valence-electron chi connectivity index (χ4n) is 2.25. The van der Waals surface area contributed by atoms with Crippen molar-refractivity contribution in [3.05, 3.63) is 42.5 Å². The predicted octanol–water partition coefficient (Wildman–Crippen LogP) is 3.44. The summed E-state index contributed by atoms with van der Waals surface area (Å²) in [6.07, 6.45) is 1.49. The van der Waals surface area contributed by atoms with E-state index in [1.807, 2.05) is 42.5 Å². The quantitative estimate of drug-likeness (QED) is 0.544. The first-order chi connectivity index (χ1) is 8.43. The van der Waals surface area contributed by atoms with Crippen LogP contribution in [0.2, 0.25) is 0 Å². The highest BCUT2D eigenvalue weighted by Gasteiger charge is 2.14. The van der Waals surface area contributed by atoms with E-state index in [2.05, 4.69) is 9.98 Å². The molecule has 0 fully saturated rings. The number of aliphatic imine (C=N–C) groups is 1. The van der Waals surface area contributed by atoms with Crippen molar-refractivity contribution in [2.75, 3.05) is 0 Å². The molecule has 1 aromatic heterocycles. The van der Waals surface area contributed by atoms with Gasteiger partial charge in [0.2, 0.25) is 0 Å². The highest BCUT2D eigenvalue weighted by atomic mass is 16.5. The molecule has 4 rings (SSSR count). The normalized spacial score (nSPS) is 12.9. The average Bonchev–Trinajstić information content (AvgIpc) is 2.39. The maximum atomic E-state index is 5.41. The van der Waals surface area contributed by atoms with Crippen molar-refractivity contribution in [2.45, 2.75) is 0 Å². The molecular formula is C14H8N2O. The monoisotopic (exact) mass is 220 g/mol. The zero-order valence-corrected chi connectivity index (χ0v) is 8.92. The van der Waals surface area contributed by atoms with E-state index < -0.39 is 0 Å². The molecule has 0 saturated heterocycles. The summed E-state index contributed by atoms with van der Waals surface area (Å²) in [5.74, 6) is 0.825. The number of fused-ring (bicyclic) bond motifs is 2. The second-order valence-corrected chi connectivity index (χ2v) is 3.98. The summed E-state index contributed by atoms with van der Waals surface area (Å²) < 4.78 is 5.41. The lowest BCUT2D eigenvalue weighted by atomic mass is 10.1. The van der Waals surface area contributed by atoms with Gasteiger partial charge in [-0.05, 0) is 18.2 Å². The van der Waals surface area contributed by atoms with Crippen molar-refractivity contribution < 1.29 is 4.74 Å². The fourth-order valence-corrected chi connectivity index (χ4v) is 2.25. The van der Waals surface area contributed by atoms with Crippen LogP contribution in [0.5, 0.6) is 5.75 Å². The van der Waals surface area contributed by atoms with E-state index >= 15 is 0 Å². The number of hydrogen-bond acceptors (Lipinski definition) is 3. The summed E-state index contributed by atoms with van der Waals surface area (Å²) in [4.78, 5) is 8.98. The number of ether oxygens (including phenoxy) is 1. The van der Waals surface area contributed by atoms with Gasteiger partial charge in [0.25, 0.3) is 0 Å². The van der Waals surface area contributed by atoms with Gasteiger partial charge in [-0.25, -0.2) is 9.98 Å². The third-order valence-electron chi connectivity index (χ3n) is 3.00. The van der Waals surface area contributed by atoms with Crippen molar-refractivity contribution >= 4 is 33.9 Å². The van der Waals surface area contributed by atoms with Gasteiger partial charge < -0.3 is 4.74 Å². The summed E-state index contributed by atoms with van der Waals surface area (Å²) in [6.45, 7) is 0. The molecule has 0 bridgehead atoms. The van der Waals surface area contributed by atoms with Gasteiger partial charge in [-0.15, -0.1) is 0 Å². The Morgan fingerprint density at radius 1 is 0.882 bits per heavy atom. The highest BCUT2D eigenvalue weighted by Crippen LogP contribution is 2.39. The molecule has 1 aliphatic heterocycles. The Morgan fingerprint density at radius 2 is 1.76 bits per heavy atom. The minimum atomic E-state index is 0.825. The van der Waals surface area contributed by atoms with Crippen molar-refractivity contribution in [2.24, 2.45) is 4.99 Å². The van der Waals surface area contributed by atoms with Crippen molar-refractivity contribution in [3.8, 4) is 5.75 Å². The second-order valence-electron chi connectivity index (χ2n) is 3.98. The van der Waals surface area contributed by atoms with Crippen LogP contribution in [0.3, 0.4) is 0 Å². The Hall–Kier alpha value is -2.42. The molecule has 0 radical (unpaired) electrons. The zero-order valence-electron chi connectivity index (χ0n) is 8.92. The van der Waals surface area contributed by atoms with Crippen LogP contribution in [0.1, 0.15) is 0 Å². The Labute approximate surface area is 97.4 Å². The van der Waals surface area contributed by atoms with Crippen molar-refractivity contribution in [1.29, 1.82) is 0 Å². The number of benzene rings is 2. The largest absolute Gasteiger partial charge is 0.445 e. The van der Waals surface area contributed by atoms with Gasteiger partial charge >= 0.3 is 0 Å². The minimum Gasteiger partial charge on any atom is -0.445 e. The van der Waals surface area contributed by atoms with Crippen LogP contribution in [-0.4, -0.2) is 11.4 Å². The molecule has 17 heavy (non-hydrogen) atoms. The number of para-hydroxylation sites is 1. The standard InChI is InChI=1S/C14H8N2O/c1-2-5-10-9(4-1)14-13-11(16-10)6-3-7-12(13)17-8-15-14/h1-8H. The topological polar surface area (TPSA) is 34.5 Å². The van der Waals surface area contributed by atoms with Crippen LogP contribution >= 0.6 is 0 Å². The van der Waals surface area contributed by atoms with E-state index in [1.165, 1.54) is 6.40 Å². The van der Waals surface area contributed by atoms with Crippen LogP contribution < -0.4 is 4.74 Å². The van der Waals surface area contributed by atoms with E-state index in [9.17, 15) is 0 Å². The lowest BCUT2D eigenvalue weighted by Gasteiger charge is -2.13. The van der Waals surface area contributed by atoms with E-state index in [-0.39, 0.29) is 0 Å². The number of aromatic nitrogens is 1. The molecule has 3 heteroatoms. The summed E-state index contributed by atoms with van der Waals surface area (Å²) in [5.41, 5.74) is 2.84. The van der Waals surface area contributed by atoms with Gasteiger partial charge in [-0.3, -0.25) is 0 Å². The molecule has 80 valence electrons. The molecule has 0 saturated carbocycles. The van der Waals surface area contributed by atoms with E-state index in [4.69, 9.17) is 4.74 Å². The Balaban J connectivity index is 2.34. The molecule has 0 spiro atoms. The third-order valence-corrected chi connectivity index (χ3v) is 3.00. The van der Waals surface area contributed by atoms with Gasteiger partial charge in [0.1, 0.15) is 5.75 Å². The molecule has 0 N–H and O–H groups in total. The first kappa shape index (κ1) is 8.70. The Morgan fingerprint density at radius 3 is 2.76 bits per heavy atom. The van der Waals surface area contributed by atoms with Gasteiger partial charge in [0.15, 0.2) is 6.40 Å². The molecule has 0 aliphatic carbocycles. The van der Waals surface area contributed by atoms with Crippen molar-refractivity contribution in [1.82, 2.24) is 4.98 Å². The predicted molar refractivity (Wildman–Crippen MR) is 68.0 cm³/mol. The minimum absolute atomic E-state index is 0.825. The molecule has 2 heterocycles. The molecule has 0 unspecified atom stereocenters. The van der Waals surface area contributed by atoms with E-state index in [0.717, 1.165) is 33.2 Å². The fraction of sp³-hybridized carbons (Fsp3) is 0. The number of hydrogen-bond donors (Lipinski definition) is 0. The molecule has 0 amide bonds. The summed E-state index contributed by atoms with van der Waals surface area (Å²) in [7, 11) is 0. The van der Waals surface area contributed by atoms with Gasteiger partial charge in [-0.2, -0.15) is 0 Å². The molecule has 1 aliphatic rings. The summed E-state index contributed by atoms with van der Waals surface area (Å²) >= 11 is 0. The summed E-state index contributed by atoms with van der Waals surface area (Å²) in [6, 6.07) is 13.9. The molecule has 0 atom stereocenters. The van der Waals surface area contributed by atoms with Gasteiger partial charge in [0.05, 0.1) is 22.1 Å². The lowest BCUT2D eigenvalue weighted by molar-refractivity contribution is 0.577. The molecule has 3 aromatic rings. The molecular weight excluding hydrogens is 212 g/mol. The first-order valence-corrected chi connectivity index (χ1v) is 5.44. The van der Waals surface area contributed by atoms with Crippen LogP contribution in [0.25, 0.3) is 21.8 Å². The highest BCUT2D eigenvalue weighted by molar-refractivity contribution is 6.10. The first-order valence-electron chi connectivity index (χ1n) is 5.44. The summed E-state index contributed by atoms with van der Waals surface area (Å²) in [5, 5.41) is 2.06. The number of rotatable bonds is 0. The Bertz CT molecular complexity index is 778. The maximum absolute atomic E-state index is 5.41. The lowest BCUT2D eigenvalue weighted by Crippen LogP contribution is -1.97. The van der Waals surface area contributed by atoms with E-state index in [0.29, 0.717) is 0 Å². The molecule has 3 nitrogen and oxygen atoms in total. The smallest absolute Gasteiger partial charge is 0.181 e. The van der Waals surface area contributed by atoms with Gasteiger partial charge in [0, 0.05) is 5.39 Å². The van der Waals surface area contributed by atoms with Crippen molar-refractivity contribution in [3.63, 3.8) is 0 Å². The zero-order chi connectivity index (χ0) is 11.2. The Kier molecular flexibility index (Phi) is 1.56. The number of nitrogens with zero attached hydrogens (tertiary/aromatic N) is 2. The van der Waals surface area contributed by atoms with Gasteiger partial charge in [-0.1, -0.05) is 24.3 Å². The average molecular weight is 220 g/mol.